The highest BCUT2D eigenvalue weighted by molar-refractivity contribution is 9.10. The molecule has 2 aromatic rings. The van der Waals surface area contributed by atoms with Crippen molar-refractivity contribution in [2.75, 3.05) is 0 Å². The maximum absolute atomic E-state index is 9.21. The monoisotopic (exact) mass is 303 g/mol. The summed E-state index contributed by atoms with van der Waals surface area (Å²) in [4.78, 5) is 0. The zero-order valence-electron chi connectivity index (χ0n) is 10.4. The smallest absolute Gasteiger partial charge is 0.101 e. The van der Waals surface area contributed by atoms with E-state index in [4.69, 9.17) is 0 Å². The highest BCUT2D eigenvalue weighted by Gasteiger charge is 2.10. The quantitative estimate of drug-likeness (QED) is 0.864. The van der Waals surface area contributed by atoms with Crippen molar-refractivity contribution in [3.8, 4) is 17.2 Å². The summed E-state index contributed by atoms with van der Waals surface area (Å²) in [5, 5.41) is 13.5. The molecule has 2 rings (SSSR count). The maximum atomic E-state index is 9.21. The minimum absolute atomic E-state index is 0.552. The van der Waals surface area contributed by atoms with Gasteiger partial charge in [0, 0.05) is 28.3 Å². The van der Waals surface area contributed by atoms with Gasteiger partial charge in [-0.1, -0.05) is 26.0 Å². The lowest BCUT2D eigenvalue weighted by Gasteiger charge is -2.04. The molecule has 0 fully saturated rings. The van der Waals surface area contributed by atoms with Gasteiger partial charge in [0.15, 0.2) is 0 Å². The summed E-state index contributed by atoms with van der Waals surface area (Å²) < 4.78 is 2.74. The first kappa shape index (κ1) is 12.8. The number of hydrogen-bond acceptors (Lipinski definition) is 2. The van der Waals surface area contributed by atoms with Crippen molar-refractivity contribution in [3.63, 3.8) is 0 Å². The van der Waals surface area contributed by atoms with Crippen LogP contribution in [0.5, 0.6) is 0 Å². The normalized spacial score (nSPS) is 10.6. The molecule has 0 N–H and O–H groups in total. The predicted molar refractivity (Wildman–Crippen MR) is 74.9 cm³/mol. The van der Waals surface area contributed by atoms with Gasteiger partial charge in [0.05, 0.1) is 11.8 Å². The highest BCUT2D eigenvalue weighted by Crippen LogP contribution is 2.28. The van der Waals surface area contributed by atoms with Crippen LogP contribution in [0.4, 0.5) is 0 Å². The lowest BCUT2D eigenvalue weighted by molar-refractivity contribution is 0.483. The van der Waals surface area contributed by atoms with Gasteiger partial charge in [0.2, 0.25) is 0 Å². The summed E-state index contributed by atoms with van der Waals surface area (Å²) in [7, 11) is 0. The summed E-state index contributed by atoms with van der Waals surface area (Å²) in [5.74, 6) is 0.552. The molecule has 0 spiro atoms. The number of nitriles is 1. The molecule has 1 aromatic heterocycles. The Morgan fingerprint density at radius 1 is 1.44 bits per heavy atom. The van der Waals surface area contributed by atoms with Gasteiger partial charge in [-0.05, 0) is 27.9 Å². The van der Waals surface area contributed by atoms with Gasteiger partial charge < -0.3 is 0 Å². The number of halogens is 1. The van der Waals surface area contributed by atoms with Crippen LogP contribution in [0.15, 0.2) is 35.1 Å². The fourth-order valence-corrected chi connectivity index (χ4v) is 2.31. The van der Waals surface area contributed by atoms with E-state index in [-0.39, 0.29) is 0 Å². The lowest BCUT2D eigenvalue weighted by atomic mass is 10.0. The Kier molecular flexibility index (Phi) is 3.83. The SMILES string of the molecule is CC(C)Cn1cc(-c2cccc(Br)c2C#N)cn1. The van der Waals surface area contributed by atoms with E-state index in [9.17, 15) is 5.26 Å². The van der Waals surface area contributed by atoms with Crippen LogP contribution in [0.2, 0.25) is 0 Å². The molecule has 0 saturated heterocycles. The summed E-state index contributed by atoms with van der Waals surface area (Å²) in [6.45, 7) is 5.19. The van der Waals surface area contributed by atoms with Crippen molar-refractivity contribution < 1.29 is 0 Å². The third kappa shape index (κ3) is 2.62. The van der Waals surface area contributed by atoms with Crippen LogP contribution < -0.4 is 0 Å². The van der Waals surface area contributed by atoms with Gasteiger partial charge in [-0.25, -0.2) is 0 Å². The lowest BCUT2D eigenvalue weighted by Crippen LogP contribution is -2.04. The molecule has 1 heterocycles. The zero-order chi connectivity index (χ0) is 13.1. The second-order valence-electron chi connectivity index (χ2n) is 4.62. The molecule has 92 valence electrons. The van der Waals surface area contributed by atoms with Crippen molar-refractivity contribution in [3.05, 3.63) is 40.6 Å². The van der Waals surface area contributed by atoms with Gasteiger partial charge in [0.25, 0.3) is 0 Å². The summed E-state index contributed by atoms with van der Waals surface area (Å²) in [6.07, 6.45) is 3.80. The van der Waals surface area contributed by atoms with Gasteiger partial charge in [0.1, 0.15) is 6.07 Å². The summed E-state index contributed by atoms with van der Waals surface area (Å²) in [5.41, 5.74) is 2.55. The van der Waals surface area contributed by atoms with Crippen LogP contribution in [-0.2, 0) is 6.54 Å². The molecule has 3 nitrogen and oxygen atoms in total. The number of aromatic nitrogens is 2. The molecule has 0 radical (unpaired) electrons. The fraction of sp³-hybridized carbons (Fsp3) is 0.286. The van der Waals surface area contributed by atoms with Crippen LogP contribution in [0.25, 0.3) is 11.1 Å². The minimum atomic E-state index is 0.552. The van der Waals surface area contributed by atoms with Crippen molar-refractivity contribution in [1.82, 2.24) is 9.78 Å². The maximum Gasteiger partial charge on any atom is 0.101 e. The molecular formula is C14H14BrN3. The summed E-state index contributed by atoms with van der Waals surface area (Å²) in [6, 6.07) is 7.98. The fourth-order valence-electron chi connectivity index (χ4n) is 1.85. The van der Waals surface area contributed by atoms with Crippen LogP contribution in [0.3, 0.4) is 0 Å². The molecule has 1 aromatic carbocycles. The average molecular weight is 304 g/mol. The molecule has 0 atom stereocenters. The number of benzene rings is 1. The highest BCUT2D eigenvalue weighted by atomic mass is 79.9. The second kappa shape index (κ2) is 5.36. The van der Waals surface area contributed by atoms with Crippen molar-refractivity contribution in [2.45, 2.75) is 20.4 Å². The van der Waals surface area contributed by atoms with Gasteiger partial charge in [-0.15, -0.1) is 0 Å². The van der Waals surface area contributed by atoms with Gasteiger partial charge in [-0.3, -0.25) is 4.68 Å². The first-order valence-corrected chi connectivity index (χ1v) is 6.62. The van der Waals surface area contributed by atoms with E-state index in [1.54, 1.807) is 0 Å². The van der Waals surface area contributed by atoms with E-state index in [0.29, 0.717) is 11.5 Å². The van der Waals surface area contributed by atoms with Crippen LogP contribution in [0.1, 0.15) is 19.4 Å². The Morgan fingerprint density at radius 3 is 2.89 bits per heavy atom. The van der Waals surface area contributed by atoms with Crippen LogP contribution in [0, 0.1) is 17.2 Å². The van der Waals surface area contributed by atoms with E-state index < -0.39 is 0 Å². The molecule has 0 aliphatic heterocycles. The van der Waals surface area contributed by atoms with E-state index >= 15 is 0 Å². The Bertz CT molecular complexity index is 593. The first-order valence-electron chi connectivity index (χ1n) is 5.83. The Balaban J connectivity index is 2.41. The first-order chi connectivity index (χ1) is 8.61. The van der Waals surface area contributed by atoms with E-state index in [2.05, 4.69) is 40.9 Å². The zero-order valence-corrected chi connectivity index (χ0v) is 12.0. The second-order valence-corrected chi connectivity index (χ2v) is 5.47. The minimum Gasteiger partial charge on any atom is -0.272 e. The van der Waals surface area contributed by atoms with E-state index in [0.717, 1.165) is 22.1 Å². The summed E-state index contributed by atoms with van der Waals surface area (Å²) >= 11 is 3.40. The molecule has 0 saturated carbocycles. The van der Waals surface area contributed by atoms with E-state index in [1.165, 1.54) is 0 Å². The topological polar surface area (TPSA) is 41.6 Å². The molecule has 0 amide bonds. The molecule has 18 heavy (non-hydrogen) atoms. The number of hydrogen-bond donors (Lipinski definition) is 0. The number of nitrogens with zero attached hydrogens (tertiary/aromatic N) is 3. The third-order valence-electron chi connectivity index (χ3n) is 2.62. The molecule has 0 aliphatic rings. The molecule has 4 heteroatoms. The average Bonchev–Trinajstić information content (AvgIpc) is 2.76. The standard InChI is InChI=1S/C14H14BrN3/c1-10(2)8-18-9-11(7-17-18)12-4-3-5-14(15)13(12)6-16/h3-5,7,9-10H,8H2,1-2H3. The third-order valence-corrected chi connectivity index (χ3v) is 3.28. The van der Waals surface area contributed by atoms with Crippen molar-refractivity contribution in [1.29, 1.82) is 5.26 Å². The Morgan fingerprint density at radius 2 is 2.22 bits per heavy atom. The van der Waals surface area contributed by atoms with Crippen LogP contribution >= 0.6 is 15.9 Å². The van der Waals surface area contributed by atoms with Crippen molar-refractivity contribution in [2.24, 2.45) is 5.92 Å². The molecule has 0 bridgehead atoms. The molecule has 0 unspecified atom stereocenters. The van der Waals surface area contributed by atoms with Gasteiger partial charge in [-0.2, -0.15) is 10.4 Å². The number of rotatable bonds is 3. The predicted octanol–water partition coefficient (Wildman–Crippen LogP) is 3.84. The molecular weight excluding hydrogens is 290 g/mol. The Hall–Kier alpha value is -1.60. The van der Waals surface area contributed by atoms with Crippen LogP contribution in [-0.4, -0.2) is 9.78 Å². The van der Waals surface area contributed by atoms with Gasteiger partial charge >= 0.3 is 0 Å². The Labute approximate surface area is 115 Å². The van der Waals surface area contributed by atoms with Crippen molar-refractivity contribution >= 4 is 15.9 Å². The molecule has 0 aliphatic carbocycles. The largest absolute Gasteiger partial charge is 0.272 e. The van der Waals surface area contributed by atoms with E-state index in [1.807, 2.05) is 35.3 Å².